The van der Waals surface area contributed by atoms with Gasteiger partial charge in [-0.1, -0.05) is 5.11 Å². The van der Waals surface area contributed by atoms with Crippen LogP contribution in [0.1, 0.15) is 6.42 Å². The van der Waals surface area contributed by atoms with Gasteiger partial charge in [0.15, 0.2) is 0 Å². The molecule has 0 aromatic carbocycles. The molecule has 0 fully saturated rings. The van der Waals surface area contributed by atoms with Crippen LogP contribution in [0.4, 0.5) is 17.6 Å². The summed E-state index contributed by atoms with van der Waals surface area (Å²) >= 11 is 0. The summed E-state index contributed by atoms with van der Waals surface area (Å²) in [5, 5.41) is 12.4. The van der Waals surface area contributed by atoms with Crippen LogP contribution in [0, 0.1) is 0 Å². The molecule has 1 amide bonds. The van der Waals surface area contributed by atoms with Gasteiger partial charge in [0.1, 0.15) is 12.2 Å². The Balaban J connectivity index is 4.54. The highest BCUT2D eigenvalue weighted by atomic mass is 19.4. The lowest BCUT2D eigenvalue weighted by Crippen LogP contribution is -2.48. The largest absolute Gasteiger partial charge is 0.480 e. The van der Waals surface area contributed by atoms with E-state index in [1.54, 1.807) is 0 Å². The molecule has 0 saturated heterocycles. The standard InChI is InChI=1S/C7H8F4N4O3/c8-3(2-13-15-12)1-4(5(16)17)14-6(18)7(9,10)11/h3-4H,1-2H2,(H,14,18)(H,16,17)/t3-,4+/m1/s1. The van der Waals surface area contributed by atoms with E-state index in [9.17, 15) is 27.2 Å². The van der Waals surface area contributed by atoms with Crippen molar-refractivity contribution in [3.8, 4) is 0 Å². The minimum absolute atomic E-state index is 0.734. The molecule has 0 spiro atoms. The van der Waals surface area contributed by atoms with E-state index in [0.717, 1.165) is 5.32 Å². The van der Waals surface area contributed by atoms with Gasteiger partial charge in [-0.2, -0.15) is 13.2 Å². The number of aliphatic carboxylic acids is 1. The molecule has 11 heteroatoms. The number of nitrogens with zero attached hydrogens (tertiary/aromatic N) is 3. The van der Waals surface area contributed by atoms with Crippen molar-refractivity contribution < 1.29 is 32.3 Å². The third-order valence-electron chi connectivity index (χ3n) is 1.70. The van der Waals surface area contributed by atoms with Crippen LogP contribution in [-0.2, 0) is 9.59 Å². The summed E-state index contributed by atoms with van der Waals surface area (Å²) in [5.41, 5.74) is 7.87. The second-order valence-electron chi connectivity index (χ2n) is 3.11. The van der Waals surface area contributed by atoms with Gasteiger partial charge in [0.2, 0.25) is 0 Å². The van der Waals surface area contributed by atoms with Crippen molar-refractivity contribution in [2.45, 2.75) is 24.8 Å². The van der Waals surface area contributed by atoms with Crippen molar-refractivity contribution in [2.75, 3.05) is 6.54 Å². The van der Waals surface area contributed by atoms with Crippen LogP contribution in [-0.4, -0.2) is 41.9 Å². The lowest BCUT2D eigenvalue weighted by molar-refractivity contribution is -0.175. The normalized spacial score (nSPS) is 14.2. The minimum Gasteiger partial charge on any atom is -0.480 e. The number of halogens is 4. The van der Waals surface area contributed by atoms with Crippen molar-refractivity contribution >= 4 is 11.9 Å². The first-order valence-electron chi connectivity index (χ1n) is 4.44. The van der Waals surface area contributed by atoms with E-state index in [1.165, 1.54) is 0 Å². The van der Waals surface area contributed by atoms with Crippen molar-refractivity contribution in [3.05, 3.63) is 10.4 Å². The summed E-state index contributed by atoms with van der Waals surface area (Å²) in [6.45, 7) is -0.734. The molecule has 0 aliphatic rings. The average molecular weight is 272 g/mol. The van der Waals surface area contributed by atoms with Crippen LogP contribution in [0.2, 0.25) is 0 Å². The molecule has 0 aliphatic carbocycles. The number of carbonyl (C=O) groups is 2. The van der Waals surface area contributed by atoms with Crippen LogP contribution in [0.15, 0.2) is 5.11 Å². The van der Waals surface area contributed by atoms with Crippen LogP contribution in [0.3, 0.4) is 0 Å². The molecule has 2 N–H and O–H groups in total. The quantitative estimate of drug-likeness (QED) is 0.327. The zero-order valence-electron chi connectivity index (χ0n) is 8.69. The number of azide groups is 1. The zero-order valence-corrected chi connectivity index (χ0v) is 8.69. The maximum atomic E-state index is 13.0. The van der Waals surface area contributed by atoms with Crippen LogP contribution in [0.5, 0.6) is 0 Å². The van der Waals surface area contributed by atoms with E-state index in [2.05, 4.69) is 10.0 Å². The van der Waals surface area contributed by atoms with E-state index in [4.69, 9.17) is 10.6 Å². The Kier molecular flexibility index (Phi) is 5.89. The number of carboxylic acid groups (broad SMARTS) is 1. The van der Waals surface area contributed by atoms with Crippen molar-refractivity contribution in [3.63, 3.8) is 0 Å². The summed E-state index contributed by atoms with van der Waals surface area (Å²) in [6.07, 6.45) is -8.17. The molecule has 0 aliphatic heterocycles. The average Bonchev–Trinajstić information content (AvgIpc) is 2.23. The Hall–Kier alpha value is -2.03. The van der Waals surface area contributed by atoms with Gasteiger partial charge >= 0.3 is 18.1 Å². The Bertz CT molecular complexity index is 366. The smallest absolute Gasteiger partial charge is 0.471 e. The molecule has 0 aromatic rings. The van der Waals surface area contributed by atoms with Crippen molar-refractivity contribution in [1.29, 1.82) is 0 Å². The highest BCUT2D eigenvalue weighted by Gasteiger charge is 2.41. The fourth-order valence-electron chi connectivity index (χ4n) is 0.917. The monoisotopic (exact) mass is 272 g/mol. The van der Waals surface area contributed by atoms with Gasteiger partial charge in [0.25, 0.3) is 0 Å². The van der Waals surface area contributed by atoms with E-state index >= 15 is 0 Å². The maximum Gasteiger partial charge on any atom is 0.471 e. The lowest BCUT2D eigenvalue weighted by Gasteiger charge is -2.16. The summed E-state index contributed by atoms with van der Waals surface area (Å²) < 4.78 is 48.5. The highest BCUT2D eigenvalue weighted by molar-refractivity contribution is 5.86. The Morgan fingerprint density at radius 3 is 2.39 bits per heavy atom. The molecular formula is C7H8F4N4O3. The molecule has 0 heterocycles. The summed E-state index contributed by atoms with van der Waals surface area (Å²) in [6, 6.07) is -2.05. The maximum absolute atomic E-state index is 13.0. The third kappa shape index (κ3) is 5.89. The first-order valence-corrected chi connectivity index (χ1v) is 4.44. The molecule has 0 rings (SSSR count). The molecular weight excluding hydrogens is 264 g/mol. The molecule has 0 unspecified atom stereocenters. The van der Waals surface area contributed by atoms with Gasteiger partial charge in [-0.15, -0.1) is 0 Å². The summed E-state index contributed by atoms with van der Waals surface area (Å²) in [4.78, 5) is 23.2. The van der Waals surface area contributed by atoms with E-state index in [-0.39, 0.29) is 0 Å². The molecule has 102 valence electrons. The SMILES string of the molecule is [N-]=[N+]=NC[C@H](F)C[C@H](NC(=O)C(F)(F)F)C(=O)O. The Morgan fingerprint density at radius 1 is 1.44 bits per heavy atom. The predicted molar refractivity (Wildman–Crippen MR) is 49.1 cm³/mol. The van der Waals surface area contributed by atoms with Gasteiger partial charge in [-0.25, -0.2) is 9.18 Å². The predicted octanol–water partition coefficient (Wildman–Crippen LogP) is 1.16. The summed E-state index contributed by atoms with van der Waals surface area (Å²) in [5.74, 6) is -4.30. The number of alkyl halides is 4. The number of hydrogen-bond acceptors (Lipinski definition) is 3. The van der Waals surface area contributed by atoms with Crippen LogP contribution in [0.25, 0.3) is 10.4 Å². The summed E-state index contributed by atoms with van der Waals surface area (Å²) in [7, 11) is 0. The van der Waals surface area contributed by atoms with Gasteiger partial charge in [-0.3, -0.25) is 4.79 Å². The number of hydrogen-bond donors (Lipinski definition) is 2. The number of rotatable bonds is 6. The third-order valence-corrected chi connectivity index (χ3v) is 1.70. The molecule has 7 nitrogen and oxygen atoms in total. The minimum atomic E-state index is -5.26. The first-order chi connectivity index (χ1) is 8.18. The van der Waals surface area contributed by atoms with E-state index in [0.29, 0.717) is 0 Å². The van der Waals surface area contributed by atoms with Crippen LogP contribution < -0.4 is 5.32 Å². The molecule has 0 bridgehead atoms. The van der Waals surface area contributed by atoms with Gasteiger partial charge in [0.05, 0.1) is 6.54 Å². The second kappa shape index (κ2) is 6.64. The second-order valence-corrected chi connectivity index (χ2v) is 3.11. The van der Waals surface area contributed by atoms with E-state index < -0.39 is 43.2 Å². The van der Waals surface area contributed by atoms with Crippen molar-refractivity contribution in [2.24, 2.45) is 5.11 Å². The number of carbonyl (C=O) groups excluding carboxylic acids is 1. The topological polar surface area (TPSA) is 115 Å². The van der Waals surface area contributed by atoms with Crippen molar-refractivity contribution in [1.82, 2.24) is 5.32 Å². The Labute approximate surface area is 97.4 Å². The molecule has 18 heavy (non-hydrogen) atoms. The fourth-order valence-corrected chi connectivity index (χ4v) is 0.917. The number of amides is 1. The fraction of sp³-hybridized carbons (Fsp3) is 0.714. The first kappa shape index (κ1) is 16.0. The van der Waals surface area contributed by atoms with Gasteiger partial charge in [0, 0.05) is 11.3 Å². The van der Waals surface area contributed by atoms with E-state index in [1.807, 2.05) is 0 Å². The van der Waals surface area contributed by atoms with Gasteiger partial charge in [-0.05, 0) is 5.53 Å². The zero-order chi connectivity index (χ0) is 14.3. The molecule has 0 aromatic heterocycles. The highest BCUT2D eigenvalue weighted by Crippen LogP contribution is 2.15. The Morgan fingerprint density at radius 2 is 2.00 bits per heavy atom. The number of nitrogens with one attached hydrogen (secondary N) is 1. The molecule has 2 atom stereocenters. The van der Waals surface area contributed by atoms with Crippen LogP contribution >= 0.6 is 0 Å². The lowest BCUT2D eigenvalue weighted by atomic mass is 10.1. The molecule has 0 saturated carbocycles. The number of carboxylic acids is 1. The van der Waals surface area contributed by atoms with Gasteiger partial charge < -0.3 is 10.4 Å². The molecule has 0 radical (unpaired) electrons.